The van der Waals surface area contributed by atoms with Gasteiger partial charge in [-0.25, -0.2) is 9.37 Å². The Hall–Kier alpha value is -3.25. The molecule has 0 spiro atoms. The van der Waals surface area contributed by atoms with Crippen LogP contribution in [0.4, 0.5) is 10.1 Å². The Balaban J connectivity index is 2.19. The topological polar surface area (TPSA) is 62.3 Å². The van der Waals surface area contributed by atoms with Crippen LogP contribution >= 0.6 is 11.6 Å². The SMILES string of the molecule is CC(C)(C)NC(=O)[C@H](c1ccccc1F)N(C(=O)c1ccc(Cl)nc1)c1ccccc1. The van der Waals surface area contributed by atoms with E-state index in [9.17, 15) is 14.0 Å². The number of halogens is 2. The zero-order chi connectivity index (χ0) is 22.6. The van der Waals surface area contributed by atoms with Crippen LogP contribution in [0.25, 0.3) is 0 Å². The monoisotopic (exact) mass is 439 g/mol. The quantitative estimate of drug-likeness (QED) is 0.557. The number of aromatic nitrogens is 1. The molecule has 0 fully saturated rings. The van der Waals surface area contributed by atoms with Crippen LogP contribution in [-0.4, -0.2) is 22.3 Å². The van der Waals surface area contributed by atoms with E-state index in [2.05, 4.69) is 10.3 Å². The molecule has 0 saturated heterocycles. The predicted octanol–water partition coefficient (Wildman–Crippen LogP) is 5.18. The maximum Gasteiger partial charge on any atom is 0.260 e. The van der Waals surface area contributed by atoms with Crippen molar-refractivity contribution in [2.24, 2.45) is 0 Å². The number of anilines is 1. The van der Waals surface area contributed by atoms with E-state index in [1.54, 1.807) is 36.4 Å². The fourth-order valence-corrected chi connectivity index (χ4v) is 3.26. The number of rotatable bonds is 5. The Morgan fingerprint density at radius 1 is 1.00 bits per heavy atom. The Bertz CT molecular complexity index is 1070. The van der Waals surface area contributed by atoms with Crippen molar-refractivity contribution in [3.05, 3.63) is 95.0 Å². The summed E-state index contributed by atoms with van der Waals surface area (Å²) >= 11 is 5.87. The molecule has 1 atom stereocenters. The molecule has 7 heteroatoms. The number of benzene rings is 2. The van der Waals surface area contributed by atoms with Gasteiger partial charge < -0.3 is 5.32 Å². The smallest absolute Gasteiger partial charge is 0.260 e. The molecule has 3 rings (SSSR count). The number of nitrogens with zero attached hydrogens (tertiary/aromatic N) is 2. The molecular formula is C24H23ClFN3O2. The summed E-state index contributed by atoms with van der Waals surface area (Å²) in [5.41, 5.74) is 0.162. The lowest BCUT2D eigenvalue weighted by molar-refractivity contribution is -0.124. The van der Waals surface area contributed by atoms with Gasteiger partial charge in [-0.05, 0) is 51.1 Å². The molecule has 0 aliphatic carbocycles. The molecule has 1 heterocycles. The van der Waals surface area contributed by atoms with E-state index in [4.69, 9.17) is 11.6 Å². The van der Waals surface area contributed by atoms with E-state index in [-0.39, 0.29) is 16.3 Å². The Labute approximate surface area is 185 Å². The second-order valence-corrected chi connectivity index (χ2v) is 8.43. The fraction of sp³-hybridized carbons (Fsp3) is 0.208. The maximum absolute atomic E-state index is 14.9. The van der Waals surface area contributed by atoms with Crippen molar-refractivity contribution in [3.63, 3.8) is 0 Å². The van der Waals surface area contributed by atoms with Crippen LogP contribution < -0.4 is 10.2 Å². The van der Waals surface area contributed by atoms with Crippen molar-refractivity contribution in [3.8, 4) is 0 Å². The van der Waals surface area contributed by atoms with E-state index in [0.29, 0.717) is 5.69 Å². The summed E-state index contributed by atoms with van der Waals surface area (Å²) in [5.74, 6) is -1.59. The van der Waals surface area contributed by atoms with Gasteiger partial charge in [0.2, 0.25) is 5.91 Å². The maximum atomic E-state index is 14.9. The summed E-state index contributed by atoms with van der Waals surface area (Å²) in [6, 6.07) is 16.4. The highest BCUT2D eigenvalue weighted by Gasteiger charge is 2.36. The molecule has 0 radical (unpaired) electrons. The number of para-hydroxylation sites is 1. The molecule has 3 aromatic rings. The number of pyridine rings is 1. The van der Waals surface area contributed by atoms with Gasteiger partial charge in [0.1, 0.15) is 17.0 Å². The van der Waals surface area contributed by atoms with Crippen LogP contribution in [-0.2, 0) is 4.79 Å². The normalized spacial score (nSPS) is 12.2. The molecule has 0 aliphatic heterocycles. The molecule has 1 N–H and O–H groups in total. The summed E-state index contributed by atoms with van der Waals surface area (Å²) in [6.45, 7) is 5.46. The van der Waals surface area contributed by atoms with Gasteiger partial charge in [-0.15, -0.1) is 0 Å². The number of amides is 2. The second-order valence-electron chi connectivity index (χ2n) is 8.04. The zero-order valence-corrected chi connectivity index (χ0v) is 18.2. The average molecular weight is 440 g/mol. The Morgan fingerprint density at radius 3 is 2.23 bits per heavy atom. The van der Waals surface area contributed by atoms with E-state index in [1.807, 2.05) is 20.8 Å². The third kappa shape index (κ3) is 5.47. The van der Waals surface area contributed by atoms with Gasteiger partial charge in [-0.2, -0.15) is 0 Å². The highest BCUT2D eigenvalue weighted by atomic mass is 35.5. The summed E-state index contributed by atoms with van der Waals surface area (Å²) < 4.78 is 14.9. The second kappa shape index (κ2) is 9.27. The molecule has 160 valence electrons. The number of nitrogens with one attached hydrogen (secondary N) is 1. The van der Waals surface area contributed by atoms with Crippen molar-refractivity contribution >= 4 is 29.1 Å². The molecule has 5 nitrogen and oxygen atoms in total. The van der Waals surface area contributed by atoms with Gasteiger partial charge >= 0.3 is 0 Å². The predicted molar refractivity (Wildman–Crippen MR) is 120 cm³/mol. The molecule has 2 aromatic carbocycles. The first-order valence-electron chi connectivity index (χ1n) is 9.74. The van der Waals surface area contributed by atoms with Crippen LogP contribution in [0.15, 0.2) is 72.9 Å². The van der Waals surface area contributed by atoms with Crippen LogP contribution in [0, 0.1) is 5.82 Å². The van der Waals surface area contributed by atoms with Crippen LogP contribution in [0.2, 0.25) is 5.15 Å². The summed E-state index contributed by atoms with van der Waals surface area (Å²) in [7, 11) is 0. The molecule has 0 bridgehead atoms. The van der Waals surface area contributed by atoms with Gasteiger partial charge in [0.15, 0.2) is 0 Å². The van der Waals surface area contributed by atoms with Gasteiger partial charge in [0.25, 0.3) is 5.91 Å². The van der Waals surface area contributed by atoms with E-state index in [1.165, 1.54) is 41.4 Å². The lowest BCUT2D eigenvalue weighted by Gasteiger charge is -2.34. The van der Waals surface area contributed by atoms with Crippen LogP contribution in [0.1, 0.15) is 42.7 Å². The molecule has 2 amide bonds. The van der Waals surface area contributed by atoms with Crippen molar-refractivity contribution in [2.75, 3.05) is 4.90 Å². The minimum atomic E-state index is -1.24. The fourth-order valence-electron chi connectivity index (χ4n) is 3.15. The third-order valence-electron chi connectivity index (χ3n) is 4.43. The van der Waals surface area contributed by atoms with Gasteiger partial charge in [-0.3, -0.25) is 14.5 Å². The van der Waals surface area contributed by atoms with Gasteiger partial charge in [0.05, 0.1) is 5.56 Å². The first-order chi connectivity index (χ1) is 14.7. The van der Waals surface area contributed by atoms with Crippen molar-refractivity contribution in [1.29, 1.82) is 0 Å². The minimum absolute atomic E-state index is 0.0865. The number of hydrogen-bond donors (Lipinski definition) is 1. The first kappa shape index (κ1) is 22.4. The summed E-state index contributed by atoms with van der Waals surface area (Å²) in [6.07, 6.45) is 1.33. The lowest BCUT2D eigenvalue weighted by Crippen LogP contribution is -2.49. The third-order valence-corrected chi connectivity index (χ3v) is 4.66. The zero-order valence-electron chi connectivity index (χ0n) is 17.5. The van der Waals surface area contributed by atoms with E-state index in [0.717, 1.165) is 0 Å². The average Bonchev–Trinajstić information content (AvgIpc) is 2.72. The van der Waals surface area contributed by atoms with Crippen molar-refractivity contribution in [1.82, 2.24) is 10.3 Å². The Kier molecular flexibility index (Phi) is 6.71. The molecule has 0 saturated carbocycles. The van der Waals surface area contributed by atoms with Crippen molar-refractivity contribution < 1.29 is 14.0 Å². The van der Waals surface area contributed by atoms with Crippen LogP contribution in [0.5, 0.6) is 0 Å². The highest BCUT2D eigenvalue weighted by molar-refractivity contribution is 6.29. The molecule has 31 heavy (non-hydrogen) atoms. The molecule has 0 aliphatic rings. The van der Waals surface area contributed by atoms with Crippen molar-refractivity contribution in [2.45, 2.75) is 32.4 Å². The van der Waals surface area contributed by atoms with Gasteiger partial charge in [0, 0.05) is 23.0 Å². The van der Waals surface area contributed by atoms with Crippen LogP contribution in [0.3, 0.4) is 0 Å². The van der Waals surface area contributed by atoms with E-state index >= 15 is 0 Å². The standard InChI is InChI=1S/C24H23ClFN3O2/c1-24(2,3)28-22(30)21(18-11-7-8-12-19(18)26)29(17-9-5-4-6-10-17)23(31)16-13-14-20(25)27-15-16/h4-15,21H,1-3H3,(H,28,30)/t21-/m0/s1. The first-order valence-corrected chi connectivity index (χ1v) is 10.1. The number of hydrogen-bond acceptors (Lipinski definition) is 3. The molecule has 1 aromatic heterocycles. The molecule has 0 unspecified atom stereocenters. The summed E-state index contributed by atoms with van der Waals surface area (Å²) in [5, 5.41) is 3.11. The highest BCUT2D eigenvalue weighted by Crippen LogP contribution is 2.31. The Morgan fingerprint density at radius 2 is 1.65 bits per heavy atom. The summed E-state index contributed by atoms with van der Waals surface area (Å²) in [4.78, 5) is 32.3. The van der Waals surface area contributed by atoms with Gasteiger partial charge in [-0.1, -0.05) is 48.0 Å². The largest absolute Gasteiger partial charge is 0.349 e. The van der Waals surface area contributed by atoms with E-state index < -0.39 is 29.2 Å². The molecular weight excluding hydrogens is 417 g/mol. The number of carbonyl (C=O) groups is 2. The minimum Gasteiger partial charge on any atom is -0.349 e. The number of carbonyl (C=O) groups excluding carboxylic acids is 2. The lowest BCUT2D eigenvalue weighted by atomic mass is 9.99.